The Morgan fingerprint density at radius 3 is 2.25 bits per heavy atom. The molecule has 0 bridgehead atoms. The van der Waals surface area contributed by atoms with E-state index < -0.39 is 10.0 Å². The van der Waals surface area contributed by atoms with Gasteiger partial charge in [-0.05, 0) is 77.4 Å². The summed E-state index contributed by atoms with van der Waals surface area (Å²) in [6.07, 6.45) is 0. The molecule has 0 radical (unpaired) electrons. The smallest absolute Gasteiger partial charge is 0.261 e. The number of halogens is 1. The van der Waals surface area contributed by atoms with Gasteiger partial charge in [-0.2, -0.15) is 0 Å². The first-order valence-electron chi connectivity index (χ1n) is 7.69. The van der Waals surface area contributed by atoms with Crippen molar-refractivity contribution in [2.75, 3.05) is 11.3 Å². The molecule has 0 heterocycles. The van der Waals surface area contributed by atoms with E-state index in [0.29, 0.717) is 12.3 Å². The predicted octanol–water partition coefficient (Wildman–Crippen LogP) is 4.79. The highest BCUT2D eigenvalue weighted by molar-refractivity contribution is 14.1. The van der Waals surface area contributed by atoms with Crippen molar-refractivity contribution in [2.45, 2.75) is 38.0 Å². The highest BCUT2D eigenvalue weighted by atomic mass is 127. The van der Waals surface area contributed by atoms with Gasteiger partial charge in [0, 0.05) is 14.8 Å². The molecule has 24 heavy (non-hydrogen) atoms. The van der Waals surface area contributed by atoms with Gasteiger partial charge in [0.15, 0.2) is 0 Å². The maximum Gasteiger partial charge on any atom is 0.261 e. The first-order chi connectivity index (χ1) is 11.1. The van der Waals surface area contributed by atoms with Gasteiger partial charge >= 0.3 is 0 Å². The Labute approximate surface area is 157 Å². The largest absolute Gasteiger partial charge is 0.494 e. The summed E-state index contributed by atoms with van der Waals surface area (Å²) in [5, 5.41) is 0. The van der Waals surface area contributed by atoms with Crippen LogP contribution in [-0.2, 0) is 15.4 Å². The molecule has 0 atom stereocenters. The number of anilines is 1. The van der Waals surface area contributed by atoms with Gasteiger partial charge < -0.3 is 4.74 Å². The molecule has 4 nitrogen and oxygen atoms in total. The summed E-state index contributed by atoms with van der Waals surface area (Å²) >= 11 is 2.18. The summed E-state index contributed by atoms with van der Waals surface area (Å²) in [5.41, 5.74) is 1.19. The molecule has 0 aliphatic carbocycles. The van der Waals surface area contributed by atoms with Crippen molar-refractivity contribution in [2.24, 2.45) is 0 Å². The van der Waals surface area contributed by atoms with Crippen LogP contribution < -0.4 is 9.46 Å². The number of ether oxygens (including phenoxy) is 1. The molecule has 0 aliphatic heterocycles. The van der Waals surface area contributed by atoms with Gasteiger partial charge in [0.1, 0.15) is 5.75 Å². The van der Waals surface area contributed by atoms with Gasteiger partial charge in [0.05, 0.1) is 11.5 Å². The second-order valence-electron chi connectivity index (χ2n) is 6.45. The molecule has 0 aliphatic rings. The van der Waals surface area contributed by atoms with Crippen molar-refractivity contribution in [3.05, 3.63) is 51.6 Å². The van der Waals surface area contributed by atoms with Crippen LogP contribution in [0.4, 0.5) is 5.69 Å². The minimum atomic E-state index is -3.65. The average Bonchev–Trinajstić information content (AvgIpc) is 2.49. The van der Waals surface area contributed by atoms with Gasteiger partial charge in [0.2, 0.25) is 0 Å². The maximum absolute atomic E-state index is 12.7. The van der Waals surface area contributed by atoms with Crippen molar-refractivity contribution in [1.29, 1.82) is 0 Å². The molecule has 2 aromatic carbocycles. The van der Waals surface area contributed by atoms with E-state index in [1.54, 1.807) is 30.3 Å². The Balaban J connectivity index is 2.41. The van der Waals surface area contributed by atoms with Crippen LogP contribution in [0, 0.1) is 3.57 Å². The monoisotopic (exact) mass is 459 g/mol. The van der Waals surface area contributed by atoms with Crippen molar-refractivity contribution in [3.8, 4) is 5.75 Å². The first kappa shape index (κ1) is 19.1. The molecule has 0 saturated heterocycles. The molecule has 0 amide bonds. The van der Waals surface area contributed by atoms with E-state index in [9.17, 15) is 8.42 Å². The summed E-state index contributed by atoms with van der Waals surface area (Å²) in [7, 11) is -3.65. The van der Waals surface area contributed by atoms with E-state index in [0.717, 1.165) is 14.9 Å². The Morgan fingerprint density at radius 2 is 1.71 bits per heavy atom. The molecule has 0 aromatic heterocycles. The third-order valence-corrected chi connectivity index (χ3v) is 5.56. The summed E-state index contributed by atoms with van der Waals surface area (Å²) in [6, 6.07) is 12.2. The van der Waals surface area contributed by atoms with Gasteiger partial charge in [-0.3, -0.25) is 4.72 Å². The second kappa shape index (κ2) is 7.31. The molecule has 2 rings (SSSR count). The Bertz CT molecular complexity index is 809. The molecule has 2 aromatic rings. The fraction of sp³-hybridized carbons (Fsp3) is 0.333. The summed E-state index contributed by atoms with van der Waals surface area (Å²) in [6.45, 7) is 8.56. The van der Waals surface area contributed by atoms with E-state index in [-0.39, 0.29) is 10.3 Å². The zero-order chi connectivity index (χ0) is 18.0. The summed E-state index contributed by atoms with van der Waals surface area (Å²) in [5.74, 6) is 0.721. The van der Waals surface area contributed by atoms with Crippen LogP contribution in [0.5, 0.6) is 5.75 Å². The molecular formula is C18H22INO3S. The quantitative estimate of drug-likeness (QED) is 0.655. The zero-order valence-corrected chi connectivity index (χ0v) is 17.2. The first-order valence-corrected chi connectivity index (χ1v) is 10.3. The summed E-state index contributed by atoms with van der Waals surface area (Å²) < 4.78 is 34.7. The van der Waals surface area contributed by atoms with Gasteiger partial charge in [-0.25, -0.2) is 8.42 Å². The standard InChI is InChI=1S/C18H22INO3S/c1-5-23-17-11-10-15(12-16(17)18(2,3)4)24(21,22)20-14-8-6-13(19)7-9-14/h6-12,20H,5H2,1-4H3. The van der Waals surface area contributed by atoms with E-state index >= 15 is 0 Å². The molecule has 0 saturated carbocycles. The zero-order valence-electron chi connectivity index (χ0n) is 14.3. The van der Waals surface area contributed by atoms with Crippen LogP contribution in [0.25, 0.3) is 0 Å². The lowest BCUT2D eigenvalue weighted by atomic mass is 9.86. The average molecular weight is 459 g/mol. The fourth-order valence-electron chi connectivity index (χ4n) is 2.28. The topological polar surface area (TPSA) is 55.4 Å². The highest BCUT2D eigenvalue weighted by Crippen LogP contribution is 2.33. The van der Waals surface area contributed by atoms with Crippen LogP contribution in [0.1, 0.15) is 33.3 Å². The van der Waals surface area contributed by atoms with Gasteiger partial charge in [-0.1, -0.05) is 20.8 Å². The molecule has 6 heteroatoms. The van der Waals surface area contributed by atoms with Gasteiger partial charge in [0.25, 0.3) is 10.0 Å². The second-order valence-corrected chi connectivity index (χ2v) is 9.38. The van der Waals surface area contributed by atoms with E-state index in [4.69, 9.17) is 4.74 Å². The lowest BCUT2D eigenvalue weighted by Crippen LogP contribution is -2.17. The molecular weight excluding hydrogens is 437 g/mol. The van der Waals surface area contributed by atoms with Crippen molar-refractivity contribution in [3.63, 3.8) is 0 Å². The third-order valence-electron chi connectivity index (χ3n) is 3.47. The van der Waals surface area contributed by atoms with E-state index in [1.165, 1.54) is 0 Å². The summed E-state index contributed by atoms with van der Waals surface area (Å²) in [4.78, 5) is 0.231. The normalized spacial score (nSPS) is 12.0. The molecule has 0 spiro atoms. The lowest BCUT2D eigenvalue weighted by Gasteiger charge is -2.23. The fourth-order valence-corrected chi connectivity index (χ4v) is 3.72. The lowest BCUT2D eigenvalue weighted by molar-refractivity contribution is 0.329. The number of sulfonamides is 1. The van der Waals surface area contributed by atoms with E-state index in [2.05, 4.69) is 27.3 Å². The molecule has 1 N–H and O–H groups in total. The van der Waals surface area contributed by atoms with Crippen molar-refractivity contribution in [1.82, 2.24) is 0 Å². The van der Waals surface area contributed by atoms with Crippen LogP contribution in [0.15, 0.2) is 47.4 Å². The Hall–Kier alpha value is -1.28. The SMILES string of the molecule is CCOc1ccc(S(=O)(=O)Nc2ccc(I)cc2)cc1C(C)(C)C. The Morgan fingerprint density at radius 1 is 1.08 bits per heavy atom. The molecule has 0 fully saturated rings. The number of rotatable bonds is 5. The van der Waals surface area contributed by atoms with Crippen LogP contribution in [0.2, 0.25) is 0 Å². The van der Waals surface area contributed by atoms with Crippen LogP contribution in [-0.4, -0.2) is 15.0 Å². The van der Waals surface area contributed by atoms with Crippen molar-refractivity contribution >= 4 is 38.3 Å². The predicted molar refractivity (Wildman–Crippen MR) is 106 cm³/mol. The minimum Gasteiger partial charge on any atom is -0.494 e. The van der Waals surface area contributed by atoms with Crippen LogP contribution in [0.3, 0.4) is 0 Å². The van der Waals surface area contributed by atoms with Crippen molar-refractivity contribution < 1.29 is 13.2 Å². The van der Waals surface area contributed by atoms with Crippen LogP contribution >= 0.6 is 22.6 Å². The highest BCUT2D eigenvalue weighted by Gasteiger charge is 2.23. The molecule has 130 valence electrons. The maximum atomic E-state index is 12.7. The molecule has 0 unspecified atom stereocenters. The minimum absolute atomic E-state index is 0.223. The van der Waals surface area contributed by atoms with Gasteiger partial charge in [-0.15, -0.1) is 0 Å². The Kier molecular flexibility index (Phi) is 5.80. The number of benzene rings is 2. The number of nitrogens with one attached hydrogen (secondary N) is 1. The van der Waals surface area contributed by atoms with E-state index in [1.807, 2.05) is 39.8 Å². The number of hydrogen-bond donors (Lipinski definition) is 1. The third kappa shape index (κ3) is 4.63. The number of hydrogen-bond acceptors (Lipinski definition) is 3.